The zero-order valence-electron chi connectivity index (χ0n) is 12.2. The Morgan fingerprint density at radius 3 is 1.81 bits per heavy atom. The number of alkyl halides is 6. The topological polar surface area (TPSA) is 46.2 Å². The zero-order chi connectivity index (χ0) is 19.9. The first kappa shape index (κ1) is 20.7. The van der Waals surface area contributed by atoms with Crippen LogP contribution in [0.15, 0.2) is 41.3 Å². The summed E-state index contributed by atoms with van der Waals surface area (Å²) in [4.78, 5) is -0.599. The molecule has 1 N–H and O–H groups in total. The Morgan fingerprint density at radius 1 is 0.846 bits per heavy atom. The lowest BCUT2D eigenvalue weighted by Gasteiger charge is -2.16. The van der Waals surface area contributed by atoms with Gasteiger partial charge in [0.2, 0.25) is 0 Å². The van der Waals surface area contributed by atoms with Gasteiger partial charge in [0, 0.05) is 0 Å². The number of halogens is 8. The monoisotopic (exact) mass is 437 g/mol. The smallest absolute Gasteiger partial charge is 0.280 e. The highest BCUT2D eigenvalue weighted by Crippen LogP contribution is 2.38. The van der Waals surface area contributed by atoms with E-state index in [4.69, 9.17) is 23.2 Å². The van der Waals surface area contributed by atoms with E-state index in [0.717, 1.165) is 6.07 Å². The van der Waals surface area contributed by atoms with Crippen LogP contribution >= 0.6 is 23.2 Å². The van der Waals surface area contributed by atoms with Crippen molar-refractivity contribution < 1.29 is 34.8 Å². The van der Waals surface area contributed by atoms with E-state index in [0.29, 0.717) is 0 Å². The van der Waals surface area contributed by atoms with E-state index in [2.05, 4.69) is 0 Å². The van der Waals surface area contributed by atoms with Crippen molar-refractivity contribution >= 4 is 38.9 Å². The van der Waals surface area contributed by atoms with Crippen LogP contribution in [0.3, 0.4) is 0 Å². The van der Waals surface area contributed by atoms with E-state index in [9.17, 15) is 34.8 Å². The maximum Gasteiger partial charge on any atom is 0.416 e. The highest BCUT2D eigenvalue weighted by Gasteiger charge is 2.37. The molecular weight excluding hydrogens is 431 g/mol. The Balaban J connectivity index is 2.56. The summed E-state index contributed by atoms with van der Waals surface area (Å²) in [7, 11) is -4.59. The fourth-order valence-electron chi connectivity index (χ4n) is 1.92. The van der Waals surface area contributed by atoms with E-state index < -0.39 is 49.1 Å². The van der Waals surface area contributed by atoms with Crippen molar-refractivity contribution in [3.8, 4) is 0 Å². The minimum absolute atomic E-state index is 0.121. The Labute approximate surface area is 153 Å². The Bertz CT molecular complexity index is 909. The summed E-state index contributed by atoms with van der Waals surface area (Å²) < 4.78 is 103. The first-order valence-corrected chi connectivity index (χ1v) is 8.72. The molecule has 0 atom stereocenters. The molecule has 2 aromatic rings. The third-order valence-electron chi connectivity index (χ3n) is 3.05. The highest BCUT2D eigenvalue weighted by atomic mass is 35.5. The number of nitrogens with one attached hydrogen (secondary N) is 1. The molecule has 0 spiro atoms. The molecular formula is C14H7Cl2F6NO2S. The van der Waals surface area contributed by atoms with Crippen molar-refractivity contribution in [3.05, 3.63) is 57.6 Å². The Morgan fingerprint density at radius 2 is 1.35 bits per heavy atom. The third kappa shape index (κ3) is 4.54. The van der Waals surface area contributed by atoms with E-state index >= 15 is 0 Å². The van der Waals surface area contributed by atoms with E-state index in [1.54, 1.807) is 4.72 Å². The van der Waals surface area contributed by atoms with Crippen LogP contribution in [-0.2, 0) is 22.4 Å². The zero-order valence-corrected chi connectivity index (χ0v) is 14.5. The Hall–Kier alpha value is -1.65. The second-order valence-corrected chi connectivity index (χ2v) is 7.39. The van der Waals surface area contributed by atoms with Crippen molar-refractivity contribution in [2.45, 2.75) is 17.2 Å². The molecule has 0 bridgehead atoms. The van der Waals surface area contributed by atoms with Gasteiger partial charge in [-0.25, -0.2) is 8.42 Å². The van der Waals surface area contributed by atoms with Crippen molar-refractivity contribution in [1.29, 1.82) is 0 Å². The molecule has 0 heterocycles. The van der Waals surface area contributed by atoms with Gasteiger partial charge < -0.3 is 0 Å². The molecule has 0 fully saturated rings. The van der Waals surface area contributed by atoms with Crippen LogP contribution in [-0.4, -0.2) is 8.42 Å². The predicted molar refractivity (Wildman–Crippen MR) is 83.7 cm³/mol. The van der Waals surface area contributed by atoms with Gasteiger partial charge in [-0.05, 0) is 30.3 Å². The van der Waals surface area contributed by atoms with Gasteiger partial charge in [-0.1, -0.05) is 29.3 Å². The van der Waals surface area contributed by atoms with Crippen molar-refractivity contribution in [3.63, 3.8) is 0 Å². The quantitative estimate of drug-likeness (QED) is 0.613. The van der Waals surface area contributed by atoms with Crippen LogP contribution < -0.4 is 4.72 Å². The Kier molecular flexibility index (Phi) is 5.42. The van der Waals surface area contributed by atoms with Gasteiger partial charge in [-0.3, -0.25) is 4.72 Å². The molecule has 0 unspecified atom stereocenters. The number of anilines is 1. The van der Waals surface area contributed by atoms with Crippen LogP contribution in [0.5, 0.6) is 0 Å². The van der Waals surface area contributed by atoms with Crippen LogP contribution in [0.2, 0.25) is 10.0 Å². The predicted octanol–water partition coefficient (Wildman–Crippen LogP) is 5.83. The molecule has 0 aromatic heterocycles. The normalized spacial score (nSPS) is 12.9. The fraction of sp³-hybridized carbons (Fsp3) is 0.143. The van der Waals surface area contributed by atoms with Crippen LogP contribution in [0.1, 0.15) is 11.1 Å². The average Bonchev–Trinajstić information content (AvgIpc) is 2.47. The molecule has 0 saturated carbocycles. The number of sulfonamides is 1. The first-order chi connectivity index (χ1) is 11.7. The summed E-state index contributed by atoms with van der Waals surface area (Å²) in [5.74, 6) is 0. The fourth-order valence-corrected chi connectivity index (χ4v) is 3.72. The van der Waals surface area contributed by atoms with Gasteiger partial charge in [0.15, 0.2) is 0 Å². The molecule has 2 aromatic carbocycles. The SMILES string of the molecule is O=S(=O)(Nc1cc(C(F)(F)F)cc(C(F)(F)F)c1)c1cccc(Cl)c1Cl. The number of rotatable bonds is 3. The maximum absolute atomic E-state index is 12.8. The average molecular weight is 438 g/mol. The lowest BCUT2D eigenvalue weighted by atomic mass is 10.1. The van der Waals surface area contributed by atoms with Gasteiger partial charge in [-0.15, -0.1) is 0 Å². The lowest BCUT2D eigenvalue weighted by Crippen LogP contribution is -2.16. The number of hydrogen-bond donors (Lipinski definition) is 1. The molecule has 0 saturated heterocycles. The van der Waals surface area contributed by atoms with Crippen molar-refractivity contribution in [1.82, 2.24) is 0 Å². The van der Waals surface area contributed by atoms with Crippen LogP contribution in [0.25, 0.3) is 0 Å². The van der Waals surface area contributed by atoms with E-state index in [1.807, 2.05) is 0 Å². The van der Waals surface area contributed by atoms with E-state index in [-0.39, 0.29) is 23.2 Å². The van der Waals surface area contributed by atoms with Crippen LogP contribution in [0, 0.1) is 0 Å². The van der Waals surface area contributed by atoms with E-state index in [1.165, 1.54) is 12.1 Å². The molecule has 142 valence electrons. The minimum Gasteiger partial charge on any atom is -0.280 e. The molecule has 0 aliphatic heterocycles. The molecule has 0 amide bonds. The van der Waals surface area contributed by atoms with Crippen molar-refractivity contribution in [2.24, 2.45) is 0 Å². The molecule has 0 aliphatic rings. The summed E-state index contributed by atoms with van der Waals surface area (Å²) in [6.07, 6.45) is -10.2. The first-order valence-electron chi connectivity index (χ1n) is 6.48. The molecule has 12 heteroatoms. The summed E-state index contributed by atoms with van der Waals surface area (Å²) >= 11 is 11.4. The molecule has 2 rings (SSSR count). The second kappa shape index (κ2) is 6.82. The van der Waals surface area contributed by atoms with Gasteiger partial charge in [0.05, 0.1) is 26.9 Å². The van der Waals surface area contributed by atoms with Crippen molar-refractivity contribution in [2.75, 3.05) is 4.72 Å². The largest absolute Gasteiger partial charge is 0.416 e. The highest BCUT2D eigenvalue weighted by molar-refractivity contribution is 7.92. The molecule has 26 heavy (non-hydrogen) atoms. The molecule has 0 aliphatic carbocycles. The molecule has 0 radical (unpaired) electrons. The third-order valence-corrected chi connectivity index (χ3v) is 5.40. The standard InChI is InChI=1S/C14H7Cl2F6NO2S/c15-10-2-1-3-11(12(10)16)26(24,25)23-9-5-7(13(17,18)19)4-8(6-9)14(20,21)22/h1-6,23H. The summed E-state index contributed by atoms with van der Waals surface area (Å²) in [6, 6.07) is 3.82. The maximum atomic E-state index is 12.8. The van der Waals surface area contributed by atoms with Gasteiger partial charge in [0.1, 0.15) is 4.90 Å². The van der Waals surface area contributed by atoms with Crippen LogP contribution in [0.4, 0.5) is 32.0 Å². The minimum atomic E-state index is -5.12. The second-order valence-electron chi connectivity index (χ2n) is 4.95. The van der Waals surface area contributed by atoms with Gasteiger partial charge >= 0.3 is 12.4 Å². The summed E-state index contributed by atoms with van der Waals surface area (Å²) in [6.45, 7) is 0. The number of benzene rings is 2. The lowest BCUT2D eigenvalue weighted by molar-refractivity contribution is -0.143. The summed E-state index contributed by atoms with van der Waals surface area (Å²) in [5.41, 5.74) is -4.26. The number of hydrogen-bond acceptors (Lipinski definition) is 2. The van der Waals surface area contributed by atoms with Gasteiger partial charge in [0.25, 0.3) is 10.0 Å². The molecule has 3 nitrogen and oxygen atoms in total. The summed E-state index contributed by atoms with van der Waals surface area (Å²) in [5, 5.41) is -0.584. The van der Waals surface area contributed by atoms with Gasteiger partial charge in [-0.2, -0.15) is 26.3 Å².